The number of nitrogens with zero attached hydrogens (tertiary/aromatic N) is 1. The second-order valence-electron chi connectivity index (χ2n) is 9.23. The summed E-state index contributed by atoms with van der Waals surface area (Å²) in [5, 5.41) is 3.05. The highest BCUT2D eigenvalue weighted by molar-refractivity contribution is 7.91. The lowest BCUT2D eigenvalue weighted by Gasteiger charge is -2.23. The maximum atomic E-state index is 12.9. The van der Waals surface area contributed by atoms with Crippen LogP contribution in [0.15, 0.2) is 34.5 Å². The van der Waals surface area contributed by atoms with E-state index in [2.05, 4.69) is 27.1 Å². The van der Waals surface area contributed by atoms with Crippen LogP contribution in [0.5, 0.6) is 0 Å². The van der Waals surface area contributed by atoms with E-state index < -0.39 is 10.0 Å². The highest BCUT2D eigenvalue weighted by Crippen LogP contribution is 2.41. The Hall–Kier alpha value is -1.45. The van der Waals surface area contributed by atoms with Gasteiger partial charge in [0, 0.05) is 11.7 Å². The van der Waals surface area contributed by atoms with Crippen molar-refractivity contribution < 1.29 is 13.2 Å². The van der Waals surface area contributed by atoms with E-state index in [1.807, 2.05) is 6.07 Å². The molecule has 0 spiro atoms. The van der Waals surface area contributed by atoms with Gasteiger partial charge < -0.3 is 5.32 Å². The first-order chi connectivity index (χ1) is 15.4. The van der Waals surface area contributed by atoms with Gasteiger partial charge in [0.1, 0.15) is 4.21 Å². The number of fused-ring (bicyclic) bond motifs is 3. The first-order valence-corrected chi connectivity index (χ1v) is 14.0. The summed E-state index contributed by atoms with van der Waals surface area (Å²) in [5.41, 5.74) is 3.31. The van der Waals surface area contributed by atoms with E-state index in [4.69, 9.17) is 11.6 Å². The van der Waals surface area contributed by atoms with Gasteiger partial charge in [0.05, 0.1) is 10.9 Å². The van der Waals surface area contributed by atoms with Crippen molar-refractivity contribution in [3.8, 4) is 0 Å². The Balaban J connectivity index is 1.29. The fraction of sp³-hybridized carbons (Fsp3) is 0.522. The summed E-state index contributed by atoms with van der Waals surface area (Å²) >= 11 is 7.05. The molecule has 2 aromatic rings. The van der Waals surface area contributed by atoms with Crippen molar-refractivity contribution in [1.29, 1.82) is 0 Å². The maximum absolute atomic E-state index is 12.9. The smallest absolute Gasteiger partial charge is 0.250 e. The third kappa shape index (κ3) is 4.75. The topological polar surface area (TPSA) is 78.5 Å². The maximum Gasteiger partial charge on any atom is 0.250 e. The van der Waals surface area contributed by atoms with Crippen molar-refractivity contribution in [2.24, 2.45) is 11.8 Å². The summed E-state index contributed by atoms with van der Waals surface area (Å²) in [5.74, 6) is 0.561. The molecule has 2 heterocycles. The number of hydrogen-bond acceptors (Lipinski definition) is 5. The molecule has 2 bridgehead atoms. The summed E-state index contributed by atoms with van der Waals surface area (Å²) in [7, 11) is -3.58. The molecule has 1 aromatic carbocycles. The lowest BCUT2D eigenvalue weighted by atomic mass is 9.93. The van der Waals surface area contributed by atoms with Crippen LogP contribution in [-0.4, -0.2) is 44.9 Å². The zero-order valence-electron chi connectivity index (χ0n) is 17.8. The van der Waals surface area contributed by atoms with E-state index in [0.717, 1.165) is 55.8 Å². The van der Waals surface area contributed by atoms with Gasteiger partial charge in [-0.25, -0.2) is 13.1 Å². The second kappa shape index (κ2) is 9.06. The third-order valence-electron chi connectivity index (χ3n) is 7.05. The number of benzene rings is 1. The molecule has 5 rings (SSSR count). The number of carbonyl (C=O) groups is 1. The minimum atomic E-state index is -3.58. The van der Waals surface area contributed by atoms with Gasteiger partial charge in [0.15, 0.2) is 0 Å². The summed E-state index contributed by atoms with van der Waals surface area (Å²) in [6.45, 7) is 2.43. The molecule has 1 saturated carbocycles. The zero-order valence-corrected chi connectivity index (χ0v) is 20.2. The summed E-state index contributed by atoms with van der Waals surface area (Å²) in [6, 6.07) is 9.28. The van der Waals surface area contributed by atoms with Gasteiger partial charge in [-0.05, 0) is 98.8 Å². The van der Waals surface area contributed by atoms with E-state index in [9.17, 15) is 13.2 Å². The number of amides is 1. The number of nitrogens with one attached hydrogen (secondary N) is 2. The number of hydrogen-bond donors (Lipinski definition) is 2. The van der Waals surface area contributed by atoms with E-state index in [1.54, 1.807) is 12.1 Å². The van der Waals surface area contributed by atoms with Crippen molar-refractivity contribution in [1.82, 2.24) is 9.62 Å². The van der Waals surface area contributed by atoms with Gasteiger partial charge in [-0.15, -0.1) is 11.3 Å². The summed E-state index contributed by atoms with van der Waals surface area (Å²) in [4.78, 5) is 14.6. The van der Waals surface area contributed by atoms with Crippen LogP contribution in [0.3, 0.4) is 0 Å². The molecule has 172 valence electrons. The molecule has 3 aliphatic rings. The number of likely N-dealkylation sites (tertiary alicyclic amines) is 1. The monoisotopic (exact) mass is 493 g/mol. The Morgan fingerprint density at radius 2 is 1.78 bits per heavy atom. The van der Waals surface area contributed by atoms with Gasteiger partial charge in [-0.1, -0.05) is 17.7 Å². The molecular formula is C23H28ClN3O3S2. The number of sulfonamides is 1. The Morgan fingerprint density at radius 3 is 2.47 bits per heavy atom. The summed E-state index contributed by atoms with van der Waals surface area (Å²) in [6.07, 6.45) is 6.04. The van der Waals surface area contributed by atoms with Crippen molar-refractivity contribution >= 4 is 44.6 Å². The average Bonchev–Trinajstić information content (AvgIpc) is 3.45. The Morgan fingerprint density at radius 1 is 1.06 bits per heavy atom. The number of anilines is 1. The zero-order chi connectivity index (χ0) is 22.3. The number of rotatable bonds is 6. The van der Waals surface area contributed by atoms with E-state index in [1.165, 1.54) is 24.0 Å². The standard InChI is InChI=1S/C23H28ClN3O3S2/c24-20-7-8-22(31-20)32(29,30)26-23-16-3-4-17(23)12-18-13-19(6-5-15(18)11-16)25-21(28)14-27-9-1-2-10-27/h5-8,13,16-17,23,26H,1-4,9-12,14H2,(H,25,28)/t16?,17?,23-/m0/s1. The van der Waals surface area contributed by atoms with Crippen LogP contribution in [0.1, 0.15) is 36.8 Å². The first kappa shape index (κ1) is 22.3. The molecule has 2 N–H and O–H groups in total. The number of carbonyl (C=O) groups excluding carboxylic acids is 1. The number of thiophene rings is 1. The second-order valence-corrected chi connectivity index (χ2v) is 12.9. The van der Waals surface area contributed by atoms with E-state index >= 15 is 0 Å². The average molecular weight is 494 g/mol. The molecule has 1 aromatic heterocycles. The van der Waals surface area contributed by atoms with E-state index in [-0.39, 0.29) is 28.0 Å². The van der Waals surface area contributed by atoms with Crippen LogP contribution in [-0.2, 0) is 27.7 Å². The molecule has 2 fully saturated rings. The van der Waals surface area contributed by atoms with Crippen molar-refractivity contribution in [3.05, 3.63) is 45.8 Å². The molecular weight excluding hydrogens is 466 g/mol. The molecule has 2 aliphatic carbocycles. The molecule has 6 nitrogen and oxygen atoms in total. The molecule has 2 unspecified atom stereocenters. The third-order valence-corrected chi connectivity index (χ3v) is 10.2. The number of halogens is 1. The highest BCUT2D eigenvalue weighted by atomic mass is 35.5. The largest absolute Gasteiger partial charge is 0.325 e. The lowest BCUT2D eigenvalue weighted by molar-refractivity contribution is -0.117. The molecule has 1 saturated heterocycles. The van der Waals surface area contributed by atoms with Gasteiger partial charge in [0.25, 0.3) is 0 Å². The quantitative estimate of drug-likeness (QED) is 0.639. The minimum Gasteiger partial charge on any atom is -0.325 e. The Kier molecular flexibility index (Phi) is 6.33. The van der Waals surface area contributed by atoms with E-state index in [0.29, 0.717) is 10.9 Å². The van der Waals surface area contributed by atoms with Crippen LogP contribution < -0.4 is 10.0 Å². The van der Waals surface area contributed by atoms with Gasteiger partial charge in [0.2, 0.25) is 15.9 Å². The predicted molar refractivity (Wildman–Crippen MR) is 128 cm³/mol. The molecule has 0 radical (unpaired) electrons. The minimum absolute atomic E-state index is 0.0298. The Labute approximate surface area is 198 Å². The van der Waals surface area contributed by atoms with Crippen LogP contribution in [0.25, 0.3) is 0 Å². The first-order valence-electron chi connectivity index (χ1n) is 11.3. The fourth-order valence-electron chi connectivity index (χ4n) is 5.50. The molecule has 3 atom stereocenters. The highest BCUT2D eigenvalue weighted by Gasteiger charge is 2.41. The Bertz CT molecular complexity index is 1110. The van der Waals surface area contributed by atoms with Gasteiger partial charge >= 0.3 is 0 Å². The van der Waals surface area contributed by atoms with Crippen LogP contribution in [0.4, 0.5) is 5.69 Å². The normalized spacial score (nSPS) is 25.5. The van der Waals surface area contributed by atoms with Crippen LogP contribution in [0.2, 0.25) is 4.34 Å². The van der Waals surface area contributed by atoms with Crippen molar-refractivity contribution in [2.45, 2.75) is 48.8 Å². The predicted octanol–water partition coefficient (Wildman–Crippen LogP) is 3.91. The van der Waals surface area contributed by atoms with Gasteiger partial charge in [-0.3, -0.25) is 9.69 Å². The van der Waals surface area contributed by atoms with Gasteiger partial charge in [-0.2, -0.15) is 0 Å². The summed E-state index contributed by atoms with van der Waals surface area (Å²) < 4.78 is 29.6. The van der Waals surface area contributed by atoms with Crippen LogP contribution >= 0.6 is 22.9 Å². The van der Waals surface area contributed by atoms with Crippen molar-refractivity contribution in [2.75, 3.05) is 25.0 Å². The molecule has 32 heavy (non-hydrogen) atoms. The SMILES string of the molecule is O=C(CN1CCCC1)Nc1ccc2c(c1)CC1CCC(C2)[C@@H]1NS(=O)(=O)c1ccc(Cl)s1. The van der Waals surface area contributed by atoms with Crippen LogP contribution in [0, 0.1) is 11.8 Å². The molecule has 9 heteroatoms. The fourth-order valence-corrected chi connectivity index (χ4v) is 8.38. The van der Waals surface area contributed by atoms with Crippen molar-refractivity contribution in [3.63, 3.8) is 0 Å². The molecule has 1 aliphatic heterocycles. The lowest BCUT2D eigenvalue weighted by Crippen LogP contribution is -2.41. The molecule has 1 amide bonds.